The molecule has 0 aromatic heterocycles. The Bertz CT molecular complexity index is 566. The van der Waals surface area contributed by atoms with Crippen LogP contribution in [0.15, 0.2) is 48.5 Å². The maximum atomic E-state index is 12.2. The van der Waals surface area contributed by atoms with E-state index in [4.69, 9.17) is 17.3 Å². The Morgan fingerprint density at radius 2 is 1.61 bits per heavy atom. The van der Waals surface area contributed by atoms with Crippen LogP contribution in [-0.4, -0.2) is 5.78 Å². The number of Topliss-reactive ketones (excluding diaryl/α,β-unsaturated/α-hetero) is 1. The minimum Gasteiger partial charge on any atom is -0.326 e. The molecule has 0 heterocycles. The molecule has 0 bridgehead atoms. The van der Waals surface area contributed by atoms with Crippen LogP contribution in [0.5, 0.6) is 0 Å². The topological polar surface area (TPSA) is 43.1 Å². The molecule has 3 heteroatoms. The van der Waals surface area contributed by atoms with Crippen LogP contribution in [0, 0.1) is 0 Å². The molecule has 0 unspecified atom stereocenters. The van der Waals surface area contributed by atoms with E-state index in [9.17, 15) is 4.79 Å². The van der Waals surface area contributed by atoms with Gasteiger partial charge in [-0.3, -0.25) is 4.79 Å². The Morgan fingerprint density at radius 3 is 2.28 bits per heavy atom. The predicted molar refractivity (Wildman–Crippen MR) is 73.8 cm³/mol. The molecule has 0 aliphatic rings. The third-order valence-corrected chi connectivity index (χ3v) is 3.19. The lowest BCUT2D eigenvalue weighted by Crippen LogP contribution is -2.08. The summed E-state index contributed by atoms with van der Waals surface area (Å²) >= 11 is 6.01. The first-order chi connectivity index (χ1) is 8.72. The Kier molecular flexibility index (Phi) is 4.13. The number of halogens is 1. The number of carbonyl (C=O) groups is 1. The molecule has 18 heavy (non-hydrogen) atoms. The SMILES string of the molecule is NCc1ccccc1CC(=O)c1ccccc1Cl. The quantitative estimate of drug-likeness (QED) is 0.857. The molecule has 92 valence electrons. The summed E-state index contributed by atoms with van der Waals surface area (Å²) in [7, 11) is 0. The number of ketones is 1. The van der Waals surface area contributed by atoms with Crippen molar-refractivity contribution in [1.82, 2.24) is 0 Å². The summed E-state index contributed by atoms with van der Waals surface area (Å²) in [6.45, 7) is 0.436. The van der Waals surface area contributed by atoms with Crippen LogP contribution in [0.2, 0.25) is 5.02 Å². The molecule has 0 aliphatic carbocycles. The molecule has 2 rings (SSSR count). The van der Waals surface area contributed by atoms with Crippen molar-refractivity contribution in [3.05, 3.63) is 70.2 Å². The lowest BCUT2D eigenvalue weighted by atomic mass is 9.99. The van der Waals surface area contributed by atoms with Gasteiger partial charge in [0.2, 0.25) is 0 Å². The molecule has 2 nitrogen and oxygen atoms in total. The first kappa shape index (κ1) is 12.8. The second-order valence-corrected chi connectivity index (χ2v) is 4.46. The third kappa shape index (κ3) is 2.78. The summed E-state index contributed by atoms with van der Waals surface area (Å²) in [6.07, 6.45) is 0.330. The van der Waals surface area contributed by atoms with E-state index in [0.717, 1.165) is 11.1 Å². The maximum Gasteiger partial charge on any atom is 0.168 e. The third-order valence-electron chi connectivity index (χ3n) is 2.86. The smallest absolute Gasteiger partial charge is 0.168 e. The standard InChI is InChI=1S/C15H14ClNO/c16-14-8-4-3-7-13(14)15(18)9-11-5-1-2-6-12(11)10-17/h1-8H,9-10,17H2. The van der Waals surface area contributed by atoms with E-state index in [1.54, 1.807) is 12.1 Å². The van der Waals surface area contributed by atoms with Gasteiger partial charge in [0.1, 0.15) is 0 Å². The summed E-state index contributed by atoms with van der Waals surface area (Å²) in [5, 5.41) is 0.493. The molecule has 0 saturated heterocycles. The number of carbonyl (C=O) groups excluding carboxylic acids is 1. The number of nitrogens with two attached hydrogens (primary N) is 1. The molecule has 2 aromatic carbocycles. The van der Waals surface area contributed by atoms with Crippen LogP contribution in [-0.2, 0) is 13.0 Å². The predicted octanol–water partition coefficient (Wildman–Crippen LogP) is 3.22. The summed E-state index contributed by atoms with van der Waals surface area (Å²) < 4.78 is 0. The number of hydrogen-bond donors (Lipinski definition) is 1. The second kappa shape index (κ2) is 5.80. The van der Waals surface area contributed by atoms with Crippen molar-refractivity contribution in [2.75, 3.05) is 0 Å². The van der Waals surface area contributed by atoms with E-state index in [0.29, 0.717) is 23.6 Å². The van der Waals surface area contributed by atoms with Gasteiger partial charge in [-0.15, -0.1) is 0 Å². The molecule has 2 N–H and O–H groups in total. The van der Waals surface area contributed by atoms with Crippen molar-refractivity contribution in [2.24, 2.45) is 5.73 Å². The van der Waals surface area contributed by atoms with Crippen molar-refractivity contribution >= 4 is 17.4 Å². The van der Waals surface area contributed by atoms with Crippen LogP contribution in [0.25, 0.3) is 0 Å². The van der Waals surface area contributed by atoms with Gasteiger partial charge in [-0.1, -0.05) is 48.0 Å². The van der Waals surface area contributed by atoms with E-state index in [1.165, 1.54) is 0 Å². The zero-order valence-corrected chi connectivity index (χ0v) is 10.7. The Hall–Kier alpha value is -1.64. The molecular weight excluding hydrogens is 246 g/mol. The van der Waals surface area contributed by atoms with E-state index >= 15 is 0 Å². The largest absolute Gasteiger partial charge is 0.326 e. The van der Waals surface area contributed by atoms with Crippen LogP contribution in [0.1, 0.15) is 21.5 Å². The number of benzene rings is 2. The highest BCUT2D eigenvalue weighted by Crippen LogP contribution is 2.18. The van der Waals surface area contributed by atoms with Gasteiger partial charge in [-0.05, 0) is 23.3 Å². The molecule has 0 amide bonds. The van der Waals surface area contributed by atoms with Crippen molar-refractivity contribution < 1.29 is 4.79 Å². The Morgan fingerprint density at radius 1 is 1.00 bits per heavy atom. The van der Waals surface area contributed by atoms with Gasteiger partial charge in [-0.25, -0.2) is 0 Å². The molecule has 0 radical (unpaired) electrons. The van der Waals surface area contributed by atoms with Crippen LogP contribution >= 0.6 is 11.6 Å². The van der Waals surface area contributed by atoms with E-state index in [-0.39, 0.29) is 5.78 Å². The fourth-order valence-electron chi connectivity index (χ4n) is 1.88. The minimum absolute atomic E-state index is 0.0153. The summed E-state index contributed by atoms with van der Waals surface area (Å²) in [5.41, 5.74) is 8.18. The van der Waals surface area contributed by atoms with Gasteiger partial charge in [-0.2, -0.15) is 0 Å². The van der Waals surface area contributed by atoms with Gasteiger partial charge >= 0.3 is 0 Å². The van der Waals surface area contributed by atoms with E-state index < -0.39 is 0 Å². The van der Waals surface area contributed by atoms with Gasteiger partial charge in [0.15, 0.2) is 5.78 Å². The first-order valence-corrected chi connectivity index (χ1v) is 6.14. The fraction of sp³-hybridized carbons (Fsp3) is 0.133. The summed E-state index contributed by atoms with van der Waals surface area (Å²) in [4.78, 5) is 12.2. The normalized spacial score (nSPS) is 10.3. The van der Waals surface area contributed by atoms with E-state index in [1.807, 2.05) is 36.4 Å². The molecule has 0 saturated carbocycles. The maximum absolute atomic E-state index is 12.2. The average molecular weight is 260 g/mol. The summed E-state index contributed by atoms with van der Waals surface area (Å²) in [6, 6.07) is 14.8. The molecular formula is C15H14ClNO. The van der Waals surface area contributed by atoms with Gasteiger partial charge in [0.25, 0.3) is 0 Å². The first-order valence-electron chi connectivity index (χ1n) is 5.77. The highest BCUT2D eigenvalue weighted by Gasteiger charge is 2.12. The van der Waals surface area contributed by atoms with Crippen molar-refractivity contribution in [2.45, 2.75) is 13.0 Å². The van der Waals surface area contributed by atoms with Crippen molar-refractivity contribution in [3.63, 3.8) is 0 Å². The van der Waals surface area contributed by atoms with Crippen molar-refractivity contribution in [3.8, 4) is 0 Å². The fourth-order valence-corrected chi connectivity index (χ4v) is 2.13. The van der Waals surface area contributed by atoms with Crippen LogP contribution < -0.4 is 5.73 Å². The van der Waals surface area contributed by atoms with Gasteiger partial charge < -0.3 is 5.73 Å². The minimum atomic E-state index is 0.0153. The number of hydrogen-bond acceptors (Lipinski definition) is 2. The summed E-state index contributed by atoms with van der Waals surface area (Å²) in [5.74, 6) is 0.0153. The Balaban J connectivity index is 2.24. The van der Waals surface area contributed by atoms with Crippen molar-refractivity contribution in [1.29, 1.82) is 0 Å². The lowest BCUT2D eigenvalue weighted by Gasteiger charge is -2.07. The monoisotopic (exact) mass is 259 g/mol. The molecule has 0 atom stereocenters. The zero-order valence-electron chi connectivity index (χ0n) is 9.90. The highest BCUT2D eigenvalue weighted by molar-refractivity contribution is 6.34. The molecule has 0 fully saturated rings. The van der Waals surface area contributed by atoms with Gasteiger partial charge in [0.05, 0.1) is 5.02 Å². The molecule has 0 aliphatic heterocycles. The van der Waals surface area contributed by atoms with Crippen LogP contribution in [0.3, 0.4) is 0 Å². The molecule has 0 spiro atoms. The second-order valence-electron chi connectivity index (χ2n) is 4.05. The van der Waals surface area contributed by atoms with Crippen LogP contribution in [0.4, 0.5) is 0 Å². The van der Waals surface area contributed by atoms with E-state index in [2.05, 4.69) is 0 Å². The van der Waals surface area contributed by atoms with Gasteiger partial charge in [0, 0.05) is 18.5 Å². The highest BCUT2D eigenvalue weighted by atomic mass is 35.5. The molecule has 2 aromatic rings. The number of rotatable bonds is 4. The Labute approximate surface area is 111 Å². The average Bonchev–Trinajstić information content (AvgIpc) is 2.39. The zero-order chi connectivity index (χ0) is 13.0. The lowest BCUT2D eigenvalue weighted by molar-refractivity contribution is 0.0993.